The van der Waals surface area contributed by atoms with Gasteiger partial charge in [0.05, 0.1) is 11.6 Å². The van der Waals surface area contributed by atoms with Crippen molar-refractivity contribution in [1.29, 1.82) is 5.26 Å². The summed E-state index contributed by atoms with van der Waals surface area (Å²) in [7, 11) is 0. The van der Waals surface area contributed by atoms with Crippen molar-refractivity contribution in [3.63, 3.8) is 0 Å². The van der Waals surface area contributed by atoms with Gasteiger partial charge in [-0.15, -0.1) is 0 Å². The summed E-state index contributed by atoms with van der Waals surface area (Å²) in [4.78, 5) is 11.6. The average Bonchev–Trinajstić information content (AvgIpc) is 2.27. The van der Waals surface area contributed by atoms with E-state index in [9.17, 15) is 4.79 Å². The zero-order valence-corrected chi connectivity index (χ0v) is 9.31. The van der Waals surface area contributed by atoms with Gasteiger partial charge in [-0.1, -0.05) is 6.07 Å². The van der Waals surface area contributed by atoms with Crippen molar-refractivity contribution in [2.24, 2.45) is 5.73 Å². The molecule has 0 unspecified atom stereocenters. The predicted octanol–water partition coefficient (Wildman–Crippen LogP) is 1.17. The molecule has 1 fully saturated rings. The predicted molar refractivity (Wildman–Crippen MR) is 64.3 cm³/mol. The Hall–Kier alpha value is -2.06. The number of carbonyl (C=O) groups is 1. The number of anilines is 1. The average molecular weight is 230 g/mol. The van der Waals surface area contributed by atoms with Gasteiger partial charge in [0.25, 0.3) is 0 Å². The molecular formula is C12H14N4O. The number of hydrogen-bond donors (Lipinski definition) is 3. The van der Waals surface area contributed by atoms with Gasteiger partial charge in [0, 0.05) is 17.8 Å². The van der Waals surface area contributed by atoms with Crippen molar-refractivity contribution in [2.45, 2.75) is 24.9 Å². The maximum atomic E-state index is 11.6. The molecule has 5 heteroatoms. The third-order valence-electron chi connectivity index (χ3n) is 2.76. The van der Waals surface area contributed by atoms with E-state index in [1.165, 1.54) is 0 Å². The van der Waals surface area contributed by atoms with Crippen LogP contribution in [0.4, 0.5) is 10.5 Å². The second kappa shape index (κ2) is 4.85. The molecule has 0 radical (unpaired) electrons. The zero-order chi connectivity index (χ0) is 12.3. The Kier molecular flexibility index (Phi) is 3.26. The highest BCUT2D eigenvalue weighted by atomic mass is 16.2. The number of urea groups is 1. The van der Waals surface area contributed by atoms with E-state index in [-0.39, 0.29) is 18.1 Å². The summed E-state index contributed by atoms with van der Waals surface area (Å²) >= 11 is 0. The second-order valence-corrected chi connectivity index (χ2v) is 4.22. The van der Waals surface area contributed by atoms with E-state index in [4.69, 9.17) is 11.0 Å². The van der Waals surface area contributed by atoms with Gasteiger partial charge in [0.15, 0.2) is 0 Å². The van der Waals surface area contributed by atoms with Crippen LogP contribution in [0.1, 0.15) is 18.4 Å². The summed E-state index contributed by atoms with van der Waals surface area (Å²) in [6.07, 6.45) is 1.65. The lowest BCUT2D eigenvalue weighted by atomic mass is 9.88. The summed E-state index contributed by atoms with van der Waals surface area (Å²) in [5.74, 6) is 0. The first-order chi connectivity index (χ1) is 8.17. The first-order valence-corrected chi connectivity index (χ1v) is 5.50. The van der Waals surface area contributed by atoms with Crippen LogP contribution in [0.15, 0.2) is 24.3 Å². The molecule has 0 bridgehead atoms. The van der Waals surface area contributed by atoms with Crippen molar-refractivity contribution in [3.8, 4) is 6.07 Å². The molecule has 1 aromatic carbocycles. The number of nitrogens with one attached hydrogen (secondary N) is 2. The minimum atomic E-state index is -0.253. The van der Waals surface area contributed by atoms with Gasteiger partial charge in [0.2, 0.25) is 0 Å². The molecule has 4 N–H and O–H groups in total. The largest absolute Gasteiger partial charge is 0.335 e. The van der Waals surface area contributed by atoms with Crippen LogP contribution < -0.4 is 16.4 Å². The molecule has 2 amide bonds. The van der Waals surface area contributed by atoms with Crippen LogP contribution in [0.25, 0.3) is 0 Å². The number of rotatable bonds is 2. The van der Waals surface area contributed by atoms with Crippen molar-refractivity contribution >= 4 is 11.7 Å². The van der Waals surface area contributed by atoms with Crippen LogP contribution in [0.3, 0.4) is 0 Å². The van der Waals surface area contributed by atoms with Gasteiger partial charge < -0.3 is 16.4 Å². The maximum absolute atomic E-state index is 11.6. The number of hydrogen-bond acceptors (Lipinski definition) is 3. The van der Waals surface area contributed by atoms with E-state index < -0.39 is 0 Å². The van der Waals surface area contributed by atoms with E-state index in [1.54, 1.807) is 24.3 Å². The first-order valence-electron chi connectivity index (χ1n) is 5.50. The Bertz CT molecular complexity index is 460. The third kappa shape index (κ3) is 2.95. The van der Waals surface area contributed by atoms with Crippen LogP contribution in [0.5, 0.6) is 0 Å². The van der Waals surface area contributed by atoms with Crippen LogP contribution in [0, 0.1) is 11.3 Å². The molecule has 17 heavy (non-hydrogen) atoms. The van der Waals surface area contributed by atoms with E-state index in [0.717, 1.165) is 12.8 Å². The van der Waals surface area contributed by atoms with Crippen molar-refractivity contribution < 1.29 is 4.79 Å². The van der Waals surface area contributed by atoms with Gasteiger partial charge in [-0.25, -0.2) is 4.79 Å². The second-order valence-electron chi connectivity index (χ2n) is 4.22. The number of amides is 2. The lowest BCUT2D eigenvalue weighted by Crippen LogP contribution is -2.51. The van der Waals surface area contributed by atoms with Crippen LogP contribution in [-0.2, 0) is 0 Å². The number of nitrogens with zero attached hydrogens (tertiary/aromatic N) is 1. The van der Waals surface area contributed by atoms with Crippen molar-refractivity contribution in [2.75, 3.05) is 5.32 Å². The fraction of sp³-hybridized carbons (Fsp3) is 0.333. The Morgan fingerprint density at radius 1 is 1.47 bits per heavy atom. The molecule has 0 saturated heterocycles. The van der Waals surface area contributed by atoms with Gasteiger partial charge in [-0.05, 0) is 31.0 Å². The molecular weight excluding hydrogens is 216 g/mol. The molecule has 0 aromatic heterocycles. The quantitative estimate of drug-likeness (QED) is 0.712. The smallest absolute Gasteiger partial charge is 0.319 e. The Morgan fingerprint density at radius 3 is 2.88 bits per heavy atom. The standard InChI is InChI=1S/C12H14N4O/c13-7-8-2-1-3-10(4-8)15-12(17)16-11-5-9(14)6-11/h1-4,9,11H,5-6,14H2,(H2,15,16,17). The molecule has 1 aromatic rings. The summed E-state index contributed by atoms with van der Waals surface area (Å²) in [6, 6.07) is 8.94. The Balaban J connectivity index is 1.87. The third-order valence-corrected chi connectivity index (χ3v) is 2.76. The zero-order valence-electron chi connectivity index (χ0n) is 9.31. The molecule has 1 aliphatic rings. The lowest BCUT2D eigenvalue weighted by Gasteiger charge is -2.32. The molecule has 0 spiro atoms. The van der Waals surface area contributed by atoms with Crippen LogP contribution >= 0.6 is 0 Å². The highest BCUT2D eigenvalue weighted by molar-refractivity contribution is 5.89. The van der Waals surface area contributed by atoms with E-state index in [0.29, 0.717) is 11.3 Å². The number of carbonyl (C=O) groups excluding carboxylic acids is 1. The van der Waals surface area contributed by atoms with Crippen LogP contribution in [0.2, 0.25) is 0 Å². The Morgan fingerprint density at radius 2 is 2.24 bits per heavy atom. The summed E-state index contributed by atoms with van der Waals surface area (Å²) in [5.41, 5.74) is 6.76. The molecule has 5 nitrogen and oxygen atoms in total. The highest BCUT2D eigenvalue weighted by Gasteiger charge is 2.26. The normalized spacial score (nSPS) is 22.1. The van der Waals surface area contributed by atoms with Gasteiger partial charge in [-0.3, -0.25) is 0 Å². The maximum Gasteiger partial charge on any atom is 0.319 e. The van der Waals surface area contributed by atoms with Gasteiger partial charge in [0.1, 0.15) is 0 Å². The van der Waals surface area contributed by atoms with Gasteiger partial charge >= 0.3 is 6.03 Å². The topological polar surface area (TPSA) is 90.9 Å². The Labute approximate surface area is 99.6 Å². The van der Waals surface area contributed by atoms with E-state index >= 15 is 0 Å². The number of benzene rings is 1. The fourth-order valence-corrected chi connectivity index (χ4v) is 1.80. The van der Waals surface area contributed by atoms with E-state index in [2.05, 4.69) is 10.6 Å². The monoisotopic (exact) mass is 230 g/mol. The van der Waals surface area contributed by atoms with Gasteiger partial charge in [-0.2, -0.15) is 5.26 Å². The molecule has 1 saturated carbocycles. The summed E-state index contributed by atoms with van der Waals surface area (Å²) < 4.78 is 0. The summed E-state index contributed by atoms with van der Waals surface area (Å²) in [6.45, 7) is 0. The molecule has 88 valence electrons. The van der Waals surface area contributed by atoms with Crippen molar-refractivity contribution in [3.05, 3.63) is 29.8 Å². The van der Waals surface area contributed by atoms with E-state index in [1.807, 2.05) is 6.07 Å². The lowest BCUT2D eigenvalue weighted by molar-refractivity contribution is 0.234. The molecule has 1 aliphatic carbocycles. The van der Waals surface area contributed by atoms with Crippen molar-refractivity contribution in [1.82, 2.24) is 5.32 Å². The summed E-state index contributed by atoms with van der Waals surface area (Å²) in [5, 5.41) is 14.2. The van der Waals surface area contributed by atoms with Crippen LogP contribution in [-0.4, -0.2) is 18.1 Å². The highest BCUT2D eigenvalue weighted by Crippen LogP contribution is 2.17. The fourth-order valence-electron chi connectivity index (χ4n) is 1.80. The molecule has 0 heterocycles. The molecule has 0 aliphatic heterocycles. The molecule has 2 rings (SSSR count). The minimum Gasteiger partial charge on any atom is -0.335 e. The SMILES string of the molecule is N#Cc1cccc(NC(=O)NC2CC(N)C2)c1. The number of nitrogens with two attached hydrogens (primary N) is 1. The first kappa shape index (κ1) is 11.4. The minimum absolute atomic E-state index is 0.171. The number of nitriles is 1. The molecule has 0 atom stereocenters.